The van der Waals surface area contributed by atoms with Crippen LogP contribution in [0.2, 0.25) is 0 Å². The summed E-state index contributed by atoms with van der Waals surface area (Å²) >= 11 is 2.12. The van der Waals surface area contributed by atoms with Crippen LogP contribution in [0.15, 0.2) is 48.5 Å². The van der Waals surface area contributed by atoms with Crippen LogP contribution in [0.4, 0.5) is 5.69 Å². The van der Waals surface area contributed by atoms with Crippen LogP contribution >= 0.6 is 22.6 Å². The number of hydrogen-bond acceptors (Lipinski definition) is 4. The fourth-order valence-corrected chi connectivity index (χ4v) is 2.44. The first-order chi connectivity index (χ1) is 11.1. The van der Waals surface area contributed by atoms with E-state index in [1.54, 1.807) is 18.2 Å². The molecule has 0 unspecified atom stereocenters. The summed E-state index contributed by atoms with van der Waals surface area (Å²) in [5.74, 6) is -0.653. The molecule has 23 heavy (non-hydrogen) atoms. The second-order valence-electron chi connectivity index (χ2n) is 4.88. The van der Waals surface area contributed by atoms with Crippen LogP contribution in [-0.2, 0) is 16.1 Å². The molecule has 0 fully saturated rings. The van der Waals surface area contributed by atoms with Crippen molar-refractivity contribution in [1.82, 2.24) is 5.32 Å². The Labute approximate surface area is 148 Å². The molecule has 3 N–H and O–H groups in total. The van der Waals surface area contributed by atoms with Crippen LogP contribution in [0, 0.1) is 3.57 Å². The second kappa shape index (κ2) is 8.52. The van der Waals surface area contributed by atoms with E-state index in [1.165, 1.54) is 0 Å². The van der Waals surface area contributed by atoms with E-state index < -0.39 is 0 Å². The van der Waals surface area contributed by atoms with Gasteiger partial charge in [-0.2, -0.15) is 0 Å². The summed E-state index contributed by atoms with van der Waals surface area (Å²) in [6, 6.07) is 14.6. The number of nitrogens with two attached hydrogens (primary N) is 1. The summed E-state index contributed by atoms with van der Waals surface area (Å²) in [5, 5.41) is 2.67. The molecule has 5 nitrogen and oxygen atoms in total. The third-order valence-corrected chi connectivity index (χ3v) is 3.79. The Morgan fingerprint density at radius 2 is 1.87 bits per heavy atom. The predicted molar refractivity (Wildman–Crippen MR) is 96.8 cm³/mol. The molecule has 0 radical (unpaired) electrons. The Morgan fingerprint density at radius 1 is 1.13 bits per heavy atom. The average molecular weight is 424 g/mol. The Hall–Kier alpha value is -2.09. The molecule has 0 heterocycles. The molecular weight excluding hydrogens is 407 g/mol. The first kappa shape index (κ1) is 17.3. The van der Waals surface area contributed by atoms with Gasteiger partial charge in [-0.1, -0.05) is 30.3 Å². The summed E-state index contributed by atoms with van der Waals surface area (Å²) in [4.78, 5) is 23.6. The van der Waals surface area contributed by atoms with Gasteiger partial charge in [0.2, 0.25) is 0 Å². The van der Waals surface area contributed by atoms with Crippen LogP contribution in [0.25, 0.3) is 0 Å². The minimum absolute atomic E-state index is 0.114. The zero-order chi connectivity index (χ0) is 16.7. The van der Waals surface area contributed by atoms with Gasteiger partial charge in [0, 0.05) is 15.8 Å². The Morgan fingerprint density at radius 3 is 2.57 bits per heavy atom. The maximum atomic E-state index is 12.0. The monoisotopic (exact) mass is 424 g/mol. The van der Waals surface area contributed by atoms with Crippen LogP contribution in [0.1, 0.15) is 22.3 Å². The molecular formula is C17H17IN2O3. The van der Waals surface area contributed by atoms with Gasteiger partial charge in [-0.25, -0.2) is 0 Å². The van der Waals surface area contributed by atoms with Gasteiger partial charge in [0.25, 0.3) is 5.91 Å². The summed E-state index contributed by atoms with van der Waals surface area (Å²) in [7, 11) is 0. The van der Waals surface area contributed by atoms with Gasteiger partial charge in [-0.05, 0) is 46.4 Å². The maximum Gasteiger partial charge on any atom is 0.307 e. The third-order valence-electron chi connectivity index (χ3n) is 3.12. The largest absolute Gasteiger partial charge is 0.461 e. The van der Waals surface area contributed by atoms with Crippen molar-refractivity contribution in [2.45, 2.75) is 13.0 Å². The van der Waals surface area contributed by atoms with Crippen molar-refractivity contribution >= 4 is 40.2 Å². The number of hydrogen-bond donors (Lipinski definition) is 2. The number of benzene rings is 2. The van der Waals surface area contributed by atoms with Gasteiger partial charge < -0.3 is 15.8 Å². The number of esters is 1. The number of amides is 1. The highest BCUT2D eigenvalue weighted by Gasteiger charge is 2.10. The molecule has 0 aromatic heterocycles. The topological polar surface area (TPSA) is 81.4 Å². The van der Waals surface area contributed by atoms with Crippen LogP contribution in [-0.4, -0.2) is 18.4 Å². The second-order valence-corrected chi connectivity index (χ2v) is 6.13. The Kier molecular flexibility index (Phi) is 6.40. The molecule has 120 valence electrons. The van der Waals surface area contributed by atoms with Crippen LogP contribution in [0.3, 0.4) is 0 Å². The quantitative estimate of drug-likeness (QED) is 0.425. The smallest absolute Gasteiger partial charge is 0.307 e. The molecule has 2 rings (SSSR count). The fraction of sp³-hybridized carbons (Fsp3) is 0.176. The van der Waals surface area contributed by atoms with E-state index in [0.29, 0.717) is 11.3 Å². The summed E-state index contributed by atoms with van der Waals surface area (Å²) in [5.41, 5.74) is 7.56. The molecule has 2 aromatic rings. The average Bonchev–Trinajstić information content (AvgIpc) is 2.53. The fourth-order valence-electron chi connectivity index (χ4n) is 1.92. The normalized spacial score (nSPS) is 10.1. The van der Waals surface area contributed by atoms with Gasteiger partial charge in [0.1, 0.15) is 6.61 Å². The van der Waals surface area contributed by atoms with Crippen molar-refractivity contribution in [2.24, 2.45) is 0 Å². The number of anilines is 1. The highest BCUT2D eigenvalue weighted by atomic mass is 127. The highest BCUT2D eigenvalue weighted by Crippen LogP contribution is 2.15. The molecule has 2 aromatic carbocycles. The van der Waals surface area contributed by atoms with Gasteiger partial charge in [-0.15, -0.1) is 0 Å². The van der Waals surface area contributed by atoms with E-state index in [0.717, 1.165) is 9.13 Å². The maximum absolute atomic E-state index is 12.0. The van der Waals surface area contributed by atoms with E-state index in [4.69, 9.17) is 10.5 Å². The third kappa shape index (κ3) is 5.55. The molecule has 0 saturated carbocycles. The summed E-state index contributed by atoms with van der Waals surface area (Å²) in [6.07, 6.45) is 0.114. The van der Waals surface area contributed by atoms with E-state index in [9.17, 15) is 9.59 Å². The number of rotatable bonds is 6. The standard InChI is InChI=1S/C17H17IN2O3/c18-13-6-7-14(15(19)10-13)17(22)20-9-8-16(21)23-11-12-4-2-1-3-5-12/h1-7,10H,8-9,11,19H2,(H,20,22). The minimum Gasteiger partial charge on any atom is -0.461 e. The van der Waals surface area contributed by atoms with Crippen molar-refractivity contribution < 1.29 is 14.3 Å². The van der Waals surface area contributed by atoms with Crippen molar-refractivity contribution in [3.05, 3.63) is 63.2 Å². The van der Waals surface area contributed by atoms with Gasteiger partial charge >= 0.3 is 5.97 Å². The molecule has 0 aliphatic heterocycles. The van der Waals surface area contributed by atoms with E-state index in [-0.39, 0.29) is 31.4 Å². The lowest BCUT2D eigenvalue weighted by atomic mass is 10.1. The molecule has 6 heteroatoms. The molecule has 0 bridgehead atoms. The predicted octanol–water partition coefficient (Wildman–Crippen LogP) is 2.74. The van der Waals surface area contributed by atoms with Crippen molar-refractivity contribution in [3.8, 4) is 0 Å². The minimum atomic E-state index is -0.357. The van der Waals surface area contributed by atoms with E-state index in [1.807, 2.05) is 30.3 Å². The lowest BCUT2D eigenvalue weighted by Gasteiger charge is -2.08. The van der Waals surface area contributed by atoms with Crippen LogP contribution < -0.4 is 11.1 Å². The highest BCUT2D eigenvalue weighted by molar-refractivity contribution is 14.1. The van der Waals surface area contributed by atoms with E-state index >= 15 is 0 Å². The van der Waals surface area contributed by atoms with Crippen molar-refractivity contribution in [1.29, 1.82) is 0 Å². The number of carbonyl (C=O) groups excluding carboxylic acids is 2. The lowest BCUT2D eigenvalue weighted by Crippen LogP contribution is -2.27. The van der Waals surface area contributed by atoms with E-state index in [2.05, 4.69) is 27.9 Å². The lowest BCUT2D eigenvalue weighted by molar-refractivity contribution is -0.144. The number of nitrogens with one attached hydrogen (secondary N) is 1. The van der Waals surface area contributed by atoms with Crippen molar-refractivity contribution in [2.75, 3.05) is 12.3 Å². The SMILES string of the molecule is Nc1cc(I)ccc1C(=O)NCCC(=O)OCc1ccccc1. The van der Waals surface area contributed by atoms with Gasteiger partial charge in [0.15, 0.2) is 0 Å². The Balaban J connectivity index is 1.73. The number of halogens is 1. The zero-order valence-electron chi connectivity index (χ0n) is 12.4. The Bertz CT molecular complexity index is 689. The number of carbonyl (C=O) groups is 2. The van der Waals surface area contributed by atoms with Crippen LogP contribution in [0.5, 0.6) is 0 Å². The molecule has 1 amide bonds. The van der Waals surface area contributed by atoms with Crippen molar-refractivity contribution in [3.63, 3.8) is 0 Å². The molecule has 0 aliphatic carbocycles. The molecule has 0 spiro atoms. The summed E-state index contributed by atoms with van der Waals surface area (Å²) < 4.78 is 6.10. The zero-order valence-corrected chi connectivity index (χ0v) is 14.6. The first-order valence-corrected chi connectivity index (χ1v) is 8.17. The number of ether oxygens (including phenoxy) is 1. The molecule has 0 atom stereocenters. The molecule has 0 saturated heterocycles. The molecule has 0 aliphatic rings. The number of nitrogen functional groups attached to an aromatic ring is 1. The summed E-state index contributed by atoms with van der Waals surface area (Å²) in [6.45, 7) is 0.440. The van der Waals surface area contributed by atoms with Gasteiger partial charge in [0.05, 0.1) is 12.0 Å². The van der Waals surface area contributed by atoms with Gasteiger partial charge in [-0.3, -0.25) is 9.59 Å². The first-order valence-electron chi connectivity index (χ1n) is 7.09.